The van der Waals surface area contributed by atoms with E-state index in [1.807, 2.05) is 12.1 Å². The summed E-state index contributed by atoms with van der Waals surface area (Å²) in [5, 5.41) is 0. The normalized spacial score (nSPS) is 16.0. The van der Waals surface area contributed by atoms with E-state index in [1.54, 1.807) is 30.3 Å². The summed E-state index contributed by atoms with van der Waals surface area (Å²) in [6, 6.07) is 13.4. The number of hydrogen-bond donors (Lipinski definition) is 0. The quantitative estimate of drug-likeness (QED) is 0.487. The van der Waals surface area contributed by atoms with E-state index in [2.05, 4.69) is 15.9 Å². The summed E-state index contributed by atoms with van der Waals surface area (Å²) < 4.78 is 22.2. The maximum absolute atomic E-state index is 12.1. The summed E-state index contributed by atoms with van der Waals surface area (Å²) in [6.45, 7) is 0.690. The minimum absolute atomic E-state index is 0.0364. The summed E-state index contributed by atoms with van der Waals surface area (Å²) in [5.41, 5.74) is 0.312. The van der Waals surface area contributed by atoms with Crippen molar-refractivity contribution in [3.8, 4) is 11.5 Å². The Morgan fingerprint density at radius 1 is 1.11 bits per heavy atom. The highest BCUT2D eigenvalue weighted by atomic mass is 79.9. The van der Waals surface area contributed by atoms with Crippen molar-refractivity contribution in [2.45, 2.75) is 18.9 Å². The first-order chi connectivity index (χ1) is 13.1. The molecule has 3 rings (SSSR count). The molecule has 0 N–H and O–H groups in total. The molecule has 0 spiro atoms. The zero-order chi connectivity index (χ0) is 19.1. The van der Waals surface area contributed by atoms with Crippen LogP contribution >= 0.6 is 15.9 Å². The van der Waals surface area contributed by atoms with Crippen LogP contribution in [-0.2, 0) is 14.3 Å². The van der Waals surface area contributed by atoms with E-state index in [-0.39, 0.29) is 25.1 Å². The Hall–Kier alpha value is -2.38. The third kappa shape index (κ3) is 6.08. The highest BCUT2D eigenvalue weighted by Gasteiger charge is 2.18. The van der Waals surface area contributed by atoms with Crippen molar-refractivity contribution in [1.29, 1.82) is 0 Å². The maximum Gasteiger partial charge on any atom is 0.349 e. The van der Waals surface area contributed by atoms with Crippen molar-refractivity contribution in [3.63, 3.8) is 0 Å². The summed E-state index contributed by atoms with van der Waals surface area (Å²) in [5.74, 6) is -0.232. The van der Waals surface area contributed by atoms with Crippen molar-refractivity contribution < 1.29 is 28.5 Å². The van der Waals surface area contributed by atoms with Crippen LogP contribution in [0.1, 0.15) is 23.2 Å². The number of carbonyl (C=O) groups is 2. The Morgan fingerprint density at radius 3 is 2.67 bits per heavy atom. The second kappa shape index (κ2) is 9.53. The van der Waals surface area contributed by atoms with Gasteiger partial charge in [0, 0.05) is 11.1 Å². The van der Waals surface area contributed by atoms with Crippen molar-refractivity contribution in [3.05, 3.63) is 58.6 Å². The monoisotopic (exact) mass is 434 g/mol. The average Bonchev–Trinajstić information content (AvgIpc) is 3.19. The molecular weight excluding hydrogens is 416 g/mol. The lowest BCUT2D eigenvalue weighted by atomic mass is 10.2. The molecule has 1 atom stereocenters. The number of benzene rings is 2. The van der Waals surface area contributed by atoms with E-state index in [9.17, 15) is 9.59 Å². The third-order valence-corrected chi connectivity index (χ3v) is 4.42. The van der Waals surface area contributed by atoms with E-state index in [1.165, 1.54) is 6.07 Å². The molecule has 1 saturated heterocycles. The molecule has 0 aliphatic carbocycles. The van der Waals surface area contributed by atoms with Gasteiger partial charge in [-0.25, -0.2) is 9.59 Å². The van der Waals surface area contributed by atoms with E-state index in [0.717, 1.165) is 17.3 Å². The molecule has 27 heavy (non-hydrogen) atoms. The molecule has 142 valence electrons. The Kier molecular flexibility index (Phi) is 6.84. The van der Waals surface area contributed by atoms with E-state index < -0.39 is 11.9 Å². The van der Waals surface area contributed by atoms with Crippen LogP contribution in [0.5, 0.6) is 11.5 Å². The fourth-order valence-electron chi connectivity index (χ4n) is 2.55. The zero-order valence-corrected chi connectivity index (χ0v) is 16.1. The Bertz CT molecular complexity index is 783. The fourth-order valence-corrected chi connectivity index (χ4v) is 2.81. The highest BCUT2D eigenvalue weighted by Crippen LogP contribution is 2.18. The van der Waals surface area contributed by atoms with Gasteiger partial charge in [0.2, 0.25) is 0 Å². The van der Waals surface area contributed by atoms with Gasteiger partial charge < -0.3 is 18.9 Å². The minimum atomic E-state index is -0.567. The summed E-state index contributed by atoms with van der Waals surface area (Å²) >= 11 is 3.33. The van der Waals surface area contributed by atoms with Crippen LogP contribution in [0.15, 0.2) is 53.0 Å². The van der Waals surface area contributed by atoms with Gasteiger partial charge in [-0.3, -0.25) is 0 Å². The first-order valence-electron chi connectivity index (χ1n) is 8.58. The van der Waals surface area contributed by atoms with E-state index in [4.69, 9.17) is 18.9 Å². The molecule has 0 aromatic heterocycles. The van der Waals surface area contributed by atoms with Crippen LogP contribution in [0, 0.1) is 0 Å². The molecule has 0 bridgehead atoms. The van der Waals surface area contributed by atoms with Crippen LogP contribution < -0.4 is 9.47 Å². The zero-order valence-electron chi connectivity index (χ0n) is 14.6. The molecule has 6 nitrogen and oxygen atoms in total. The van der Waals surface area contributed by atoms with Crippen molar-refractivity contribution in [2.24, 2.45) is 0 Å². The smallest absolute Gasteiger partial charge is 0.349 e. The van der Waals surface area contributed by atoms with Gasteiger partial charge in [0.25, 0.3) is 0 Å². The number of halogens is 1. The molecule has 1 unspecified atom stereocenters. The summed E-state index contributed by atoms with van der Waals surface area (Å²) in [6.07, 6.45) is 1.84. The molecule has 0 amide bonds. The molecular formula is C20H19BrO6. The van der Waals surface area contributed by atoms with Crippen LogP contribution in [0.3, 0.4) is 0 Å². The topological polar surface area (TPSA) is 71.1 Å². The number of carbonyl (C=O) groups excluding carboxylic acids is 2. The van der Waals surface area contributed by atoms with E-state index in [0.29, 0.717) is 17.9 Å². The number of hydrogen-bond acceptors (Lipinski definition) is 6. The van der Waals surface area contributed by atoms with Gasteiger partial charge in [0.1, 0.15) is 18.1 Å². The predicted octanol–water partition coefficient (Wildman–Crippen LogP) is 3.77. The molecule has 7 heteroatoms. The molecule has 1 aliphatic rings. The lowest BCUT2D eigenvalue weighted by Gasteiger charge is -2.11. The molecule has 1 aliphatic heterocycles. The maximum atomic E-state index is 12.1. The van der Waals surface area contributed by atoms with Crippen molar-refractivity contribution >= 4 is 27.9 Å². The fraction of sp³-hybridized carbons (Fsp3) is 0.300. The summed E-state index contributed by atoms with van der Waals surface area (Å²) in [7, 11) is 0. The molecule has 2 aromatic rings. The number of esters is 2. The third-order valence-electron chi connectivity index (χ3n) is 3.90. The van der Waals surface area contributed by atoms with Crippen LogP contribution in [-0.4, -0.2) is 37.9 Å². The van der Waals surface area contributed by atoms with Crippen molar-refractivity contribution in [2.75, 3.05) is 19.8 Å². The lowest BCUT2D eigenvalue weighted by molar-refractivity contribution is -0.136. The van der Waals surface area contributed by atoms with Crippen molar-refractivity contribution in [1.82, 2.24) is 0 Å². The minimum Gasteiger partial charge on any atom is -0.482 e. The second-order valence-corrected chi connectivity index (χ2v) is 6.89. The van der Waals surface area contributed by atoms with Crippen LogP contribution in [0.2, 0.25) is 0 Å². The standard InChI is InChI=1S/C20H19BrO6/c21-15-6-8-16(9-7-15)25-13-19(22)27-17-4-1-3-14(11-17)20(23)26-12-18-5-2-10-24-18/h1,3-4,6-9,11,18H,2,5,10,12-13H2. The predicted molar refractivity (Wildman–Crippen MR) is 101 cm³/mol. The SMILES string of the molecule is O=C(COc1ccc(Br)cc1)Oc1cccc(C(=O)OCC2CCCO2)c1. The Balaban J connectivity index is 1.49. The molecule has 0 radical (unpaired) electrons. The molecule has 1 heterocycles. The summed E-state index contributed by atoms with van der Waals surface area (Å²) in [4.78, 5) is 24.1. The van der Waals surface area contributed by atoms with Gasteiger partial charge in [0.05, 0.1) is 11.7 Å². The lowest BCUT2D eigenvalue weighted by Crippen LogP contribution is -2.19. The number of ether oxygens (including phenoxy) is 4. The van der Waals surface area contributed by atoms with Gasteiger partial charge in [-0.1, -0.05) is 22.0 Å². The van der Waals surface area contributed by atoms with Gasteiger partial charge in [-0.15, -0.1) is 0 Å². The average molecular weight is 435 g/mol. The molecule has 1 fully saturated rings. The first kappa shape index (κ1) is 19.4. The van der Waals surface area contributed by atoms with E-state index >= 15 is 0 Å². The second-order valence-electron chi connectivity index (χ2n) is 5.98. The largest absolute Gasteiger partial charge is 0.482 e. The highest BCUT2D eigenvalue weighted by molar-refractivity contribution is 9.10. The van der Waals surface area contributed by atoms with Gasteiger partial charge in [-0.05, 0) is 55.3 Å². The Labute approximate surface area is 165 Å². The van der Waals surface area contributed by atoms with Crippen LogP contribution in [0.4, 0.5) is 0 Å². The molecule has 2 aromatic carbocycles. The van der Waals surface area contributed by atoms with Gasteiger partial charge in [-0.2, -0.15) is 0 Å². The van der Waals surface area contributed by atoms with Crippen LogP contribution in [0.25, 0.3) is 0 Å². The van der Waals surface area contributed by atoms with Gasteiger partial charge in [0.15, 0.2) is 6.61 Å². The Morgan fingerprint density at radius 2 is 1.93 bits per heavy atom. The number of rotatable bonds is 7. The molecule has 0 saturated carbocycles. The van der Waals surface area contributed by atoms with Gasteiger partial charge >= 0.3 is 11.9 Å². The first-order valence-corrected chi connectivity index (χ1v) is 9.37.